The molecule has 0 saturated heterocycles. The fourth-order valence-electron chi connectivity index (χ4n) is 2.36. The average Bonchev–Trinajstić information content (AvgIpc) is 3.04. The summed E-state index contributed by atoms with van der Waals surface area (Å²) < 4.78 is 5.99. The van der Waals surface area contributed by atoms with Crippen molar-refractivity contribution in [3.8, 4) is 17.0 Å². The number of halogens is 1. The summed E-state index contributed by atoms with van der Waals surface area (Å²) in [6, 6.07) is 13.6. The first-order valence-electron chi connectivity index (χ1n) is 7.66. The van der Waals surface area contributed by atoms with Gasteiger partial charge < -0.3 is 9.84 Å². The molecule has 3 rings (SSSR count). The lowest BCUT2D eigenvalue weighted by Crippen LogP contribution is -2.00. The standard InChI is InChI=1S/C19H16ClNO3S/c1-12-7-17(24-10-13-5-3-2-4-6-13)14(8-15(12)20)16-11-25-18(21-16)9-19(22)23/h2-8,11H,9-10H2,1H3,(H,22,23). The Labute approximate surface area is 154 Å². The quantitative estimate of drug-likeness (QED) is 0.662. The van der Waals surface area contributed by atoms with Gasteiger partial charge in [-0.05, 0) is 30.2 Å². The minimum atomic E-state index is -0.900. The third kappa shape index (κ3) is 4.38. The molecule has 0 unspecified atom stereocenters. The summed E-state index contributed by atoms with van der Waals surface area (Å²) >= 11 is 7.59. The lowest BCUT2D eigenvalue weighted by molar-refractivity contribution is -0.136. The normalized spacial score (nSPS) is 10.6. The summed E-state index contributed by atoms with van der Waals surface area (Å²) in [5, 5.41) is 11.9. The van der Waals surface area contributed by atoms with Crippen molar-refractivity contribution in [1.29, 1.82) is 0 Å². The Balaban J connectivity index is 1.90. The topological polar surface area (TPSA) is 59.4 Å². The van der Waals surface area contributed by atoms with Gasteiger partial charge in [-0.3, -0.25) is 4.79 Å². The van der Waals surface area contributed by atoms with Crippen molar-refractivity contribution < 1.29 is 14.6 Å². The van der Waals surface area contributed by atoms with Crippen LogP contribution in [0.4, 0.5) is 0 Å². The molecule has 0 fully saturated rings. The number of aryl methyl sites for hydroxylation is 1. The molecule has 0 amide bonds. The van der Waals surface area contributed by atoms with Crippen molar-refractivity contribution >= 4 is 28.9 Å². The van der Waals surface area contributed by atoms with Crippen molar-refractivity contribution in [3.05, 3.63) is 69.0 Å². The lowest BCUT2D eigenvalue weighted by Gasteiger charge is -2.12. The number of carbonyl (C=O) groups is 1. The van der Waals surface area contributed by atoms with Gasteiger partial charge in [-0.15, -0.1) is 11.3 Å². The van der Waals surface area contributed by atoms with Crippen LogP contribution in [-0.2, 0) is 17.8 Å². The first kappa shape index (κ1) is 17.5. The first-order valence-corrected chi connectivity index (χ1v) is 8.92. The average molecular weight is 374 g/mol. The Kier molecular flexibility index (Phi) is 5.36. The van der Waals surface area contributed by atoms with E-state index in [0.29, 0.717) is 28.1 Å². The van der Waals surface area contributed by atoms with E-state index in [2.05, 4.69) is 4.98 Å². The summed E-state index contributed by atoms with van der Waals surface area (Å²) in [4.78, 5) is 15.3. The van der Waals surface area contributed by atoms with E-state index in [1.807, 2.05) is 54.8 Å². The second-order valence-corrected chi connectivity index (χ2v) is 6.92. The number of ether oxygens (including phenoxy) is 1. The van der Waals surface area contributed by atoms with E-state index < -0.39 is 5.97 Å². The number of nitrogens with zero attached hydrogens (tertiary/aromatic N) is 1. The van der Waals surface area contributed by atoms with Crippen LogP contribution in [0, 0.1) is 6.92 Å². The number of carboxylic acid groups (broad SMARTS) is 1. The molecule has 0 spiro atoms. The summed E-state index contributed by atoms with van der Waals surface area (Å²) in [5.74, 6) is -0.221. The molecular weight excluding hydrogens is 358 g/mol. The van der Waals surface area contributed by atoms with Crippen LogP contribution in [0.25, 0.3) is 11.3 Å². The van der Waals surface area contributed by atoms with E-state index in [4.69, 9.17) is 21.4 Å². The van der Waals surface area contributed by atoms with Crippen molar-refractivity contribution in [2.75, 3.05) is 0 Å². The zero-order chi connectivity index (χ0) is 17.8. The van der Waals surface area contributed by atoms with Gasteiger partial charge in [-0.2, -0.15) is 0 Å². The molecule has 0 aliphatic heterocycles. The van der Waals surface area contributed by atoms with Gasteiger partial charge in [0, 0.05) is 16.0 Å². The number of thiazole rings is 1. The second-order valence-electron chi connectivity index (χ2n) is 5.57. The van der Waals surface area contributed by atoms with Crippen molar-refractivity contribution in [3.63, 3.8) is 0 Å². The summed E-state index contributed by atoms with van der Waals surface area (Å²) in [7, 11) is 0. The SMILES string of the molecule is Cc1cc(OCc2ccccc2)c(-c2csc(CC(=O)O)n2)cc1Cl. The number of aromatic nitrogens is 1. The molecule has 1 heterocycles. The summed E-state index contributed by atoms with van der Waals surface area (Å²) in [6.45, 7) is 2.35. The molecule has 25 heavy (non-hydrogen) atoms. The van der Waals surface area contributed by atoms with Crippen molar-refractivity contribution in [1.82, 2.24) is 4.98 Å². The Hall–Kier alpha value is -2.37. The van der Waals surface area contributed by atoms with Gasteiger partial charge >= 0.3 is 5.97 Å². The Morgan fingerprint density at radius 2 is 2.04 bits per heavy atom. The molecule has 1 N–H and O–H groups in total. The maximum Gasteiger partial charge on any atom is 0.310 e. The highest BCUT2D eigenvalue weighted by Crippen LogP contribution is 2.35. The summed E-state index contributed by atoms with van der Waals surface area (Å²) in [5.41, 5.74) is 3.41. The third-order valence-corrected chi connectivity index (χ3v) is 4.88. The van der Waals surface area contributed by atoms with Crippen molar-refractivity contribution in [2.45, 2.75) is 20.0 Å². The number of aliphatic carboxylic acids is 1. The molecule has 128 valence electrons. The van der Waals surface area contributed by atoms with E-state index in [0.717, 1.165) is 16.7 Å². The maximum absolute atomic E-state index is 10.9. The van der Waals surface area contributed by atoms with Crippen LogP contribution >= 0.6 is 22.9 Å². The van der Waals surface area contributed by atoms with Crippen molar-refractivity contribution in [2.24, 2.45) is 0 Å². The highest BCUT2D eigenvalue weighted by Gasteiger charge is 2.14. The molecule has 4 nitrogen and oxygen atoms in total. The second kappa shape index (κ2) is 7.68. The first-order chi connectivity index (χ1) is 12.0. The minimum absolute atomic E-state index is 0.0928. The van der Waals surface area contributed by atoms with Gasteiger partial charge in [0.25, 0.3) is 0 Å². The number of hydrogen-bond donors (Lipinski definition) is 1. The molecule has 0 bridgehead atoms. The fraction of sp³-hybridized carbons (Fsp3) is 0.158. The molecule has 3 aromatic rings. The van der Waals surface area contributed by atoms with Gasteiger partial charge in [0.05, 0.1) is 12.1 Å². The number of hydrogen-bond acceptors (Lipinski definition) is 4. The minimum Gasteiger partial charge on any atom is -0.488 e. The molecule has 0 saturated carbocycles. The van der Waals surface area contributed by atoms with Crippen LogP contribution in [0.2, 0.25) is 5.02 Å². The Morgan fingerprint density at radius 1 is 1.28 bits per heavy atom. The zero-order valence-corrected chi connectivity index (χ0v) is 15.1. The van der Waals surface area contributed by atoms with Crippen LogP contribution in [0.1, 0.15) is 16.1 Å². The fourth-order valence-corrected chi connectivity index (χ4v) is 3.30. The maximum atomic E-state index is 10.9. The predicted molar refractivity (Wildman–Crippen MR) is 99.4 cm³/mol. The number of carboxylic acids is 1. The molecule has 6 heteroatoms. The van der Waals surface area contributed by atoms with Gasteiger partial charge in [0.1, 0.15) is 17.4 Å². The van der Waals surface area contributed by atoms with Gasteiger partial charge in [-0.1, -0.05) is 41.9 Å². The highest BCUT2D eigenvalue weighted by atomic mass is 35.5. The largest absolute Gasteiger partial charge is 0.488 e. The Bertz CT molecular complexity index is 893. The lowest BCUT2D eigenvalue weighted by atomic mass is 10.1. The molecule has 0 radical (unpaired) electrons. The molecule has 2 aromatic carbocycles. The predicted octanol–water partition coefficient (Wildman–Crippen LogP) is 4.98. The van der Waals surface area contributed by atoms with Gasteiger partial charge in [0.2, 0.25) is 0 Å². The number of rotatable bonds is 6. The van der Waals surface area contributed by atoms with Crippen LogP contribution in [0.5, 0.6) is 5.75 Å². The van der Waals surface area contributed by atoms with E-state index >= 15 is 0 Å². The van der Waals surface area contributed by atoms with Gasteiger partial charge in [0.15, 0.2) is 0 Å². The van der Waals surface area contributed by atoms with Crippen LogP contribution in [0.3, 0.4) is 0 Å². The molecule has 0 aliphatic carbocycles. The van der Waals surface area contributed by atoms with E-state index in [1.54, 1.807) is 0 Å². The third-order valence-electron chi connectivity index (χ3n) is 3.63. The molecule has 1 aromatic heterocycles. The molecule has 0 atom stereocenters. The zero-order valence-electron chi connectivity index (χ0n) is 13.5. The highest BCUT2D eigenvalue weighted by molar-refractivity contribution is 7.10. The number of benzene rings is 2. The smallest absolute Gasteiger partial charge is 0.310 e. The van der Waals surface area contributed by atoms with E-state index in [1.165, 1.54) is 11.3 Å². The van der Waals surface area contributed by atoms with Crippen LogP contribution in [0.15, 0.2) is 47.8 Å². The van der Waals surface area contributed by atoms with Crippen LogP contribution < -0.4 is 4.74 Å². The monoisotopic (exact) mass is 373 g/mol. The Morgan fingerprint density at radius 3 is 2.76 bits per heavy atom. The summed E-state index contributed by atoms with van der Waals surface area (Å²) in [6.07, 6.45) is -0.0928. The molecule has 0 aliphatic rings. The van der Waals surface area contributed by atoms with Crippen LogP contribution in [-0.4, -0.2) is 16.1 Å². The van der Waals surface area contributed by atoms with E-state index in [9.17, 15) is 4.79 Å². The van der Waals surface area contributed by atoms with E-state index in [-0.39, 0.29) is 6.42 Å². The van der Waals surface area contributed by atoms with Gasteiger partial charge in [-0.25, -0.2) is 4.98 Å². The molecular formula is C19H16ClNO3S.